The van der Waals surface area contributed by atoms with E-state index in [2.05, 4.69) is 55.0 Å². The lowest BCUT2D eigenvalue weighted by Gasteiger charge is -2.44. The quantitative estimate of drug-likeness (QED) is 0.887. The van der Waals surface area contributed by atoms with E-state index in [9.17, 15) is 0 Å². The molecule has 2 heterocycles. The van der Waals surface area contributed by atoms with Crippen LogP contribution in [0.1, 0.15) is 39.0 Å². The number of aromatic nitrogens is 1. The van der Waals surface area contributed by atoms with E-state index in [4.69, 9.17) is 0 Å². The van der Waals surface area contributed by atoms with Crippen molar-refractivity contribution in [2.75, 3.05) is 13.1 Å². The molecule has 106 valence electrons. The van der Waals surface area contributed by atoms with Crippen LogP contribution in [0.25, 0.3) is 0 Å². The number of hydrogen-bond acceptors (Lipinski definition) is 3. The summed E-state index contributed by atoms with van der Waals surface area (Å²) in [7, 11) is 0. The van der Waals surface area contributed by atoms with Crippen molar-refractivity contribution < 1.29 is 0 Å². The molecule has 3 heteroatoms. The van der Waals surface area contributed by atoms with Crippen molar-refractivity contribution >= 4 is 0 Å². The monoisotopic (exact) mass is 261 g/mol. The summed E-state index contributed by atoms with van der Waals surface area (Å²) in [6.45, 7) is 14.5. The molecule has 1 aromatic rings. The fourth-order valence-corrected chi connectivity index (χ4v) is 2.55. The maximum atomic E-state index is 4.40. The van der Waals surface area contributed by atoms with Crippen LogP contribution in [0.5, 0.6) is 0 Å². The van der Waals surface area contributed by atoms with Crippen molar-refractivity contribution in [3.63, 3.8) is 0 Å². The molecule has 3 nitrogen and oxygen atoms in total. The molecule has 0 bridgehead atoms. The first-order valence-electron chi connectivity index (χ1n) is 7.25. The Morgan fingerprint density at radius 2 is 2.11 bits per heavy atom. The van der Waals surface area contributed by atoms with Gasteiger partial charge in [-0.15, -0.1) is 0 Å². The molecule has 2 unspecified atom stereocenters. The first-order chi connectivity index (χ1) is 8.86. The number of nitrogens with one attached hydrogen (secondary N) is 1. The molecule has 0 amide bonds. The second-order valence-corrected chi connectivity index (χ2v) is 6.91. The average Bonchev–Trinajstić information content (AvgIpc) is 2.33. The molecular weight excluding hydrogens is 234 g/mol. The number of hydrogen-bond donors (Lipinski definition) is 1. The minimum atomic E-state index is 0.309. The fraction of sp³-hybridized carbons (Fsp3) is 0.688. The predicted octanol–water partition coefficient (Wildman–Crippen LogP) is 2.60. The Labute approximate surface area is 117 Å². The molecule has 2 atom stereocenters. The number of piperazine rings is 1. The summed E-state index contributed by atoms with van der Waals surface area (Å²) in [4.78, 5) is 6.96. The van der Waals surface area contributed by atoms with Gasteiger partial charge in [-0.05, 0) is 30.9 Å². The average molecular weight is 261 g/mol. The second-order valence-electron chi connectivity index (χ2n) is 6.91. The smallest absolute Gasteiger partial charge is 0.0372 e. The molecule has 19 heavy (non-hydrogen) atoms. The van der Waals surface area contributed by atoms with Gasteiger partial charge in [-0.1, -0.05) is 26.8 Å². The summed E-state index contributed by atoms with van der Waals surface area (Å²) in [5, 5.41) is 3.68. The number of pyridine rings is 1. The zero-order valence-electron chi connectivity index (χ0n) is 12.9. The highest BCUT2D eigenvalue weighted by molar-refractivity contribution is 5.13. The zero-order valence-corrected chi connectivity index (χ0v) is 12.9. The Hall–Kier alpha value is -0.930. The van der Waals surface area contributed by atoms with Gasteiger partial charge in [-0.25, -0.2) is 0 Å². The molecule has 0 spiro atoms. The molecule has 0 saturated carbocycles. The SMILES string of the molecule is Cc1ccc(CN2CC(C(C)(C)C)NCC2C)cn1. The Bertz CT molecular complexity index is 405. The van der Waals surface area contributed by atoms with Crippen LogP contribution in [0.15, 0.2) is 18.3 Å². The van der Waals surface area contributed by atoms with Gasteiger partial charge in [0, 0.05) is 43.6 Å². The van der Waals surface area contributed by atoms with Gasteiger partial charge >= 0.3 is 0 Å². The summed E-state index contributed by atoms with van der Waals surface area (Å²) in [6.07, 6.45) is 2.01. The Morgan fingerprint density at radius 3 is 2.68 bits per heavy atom. The first kappa shape index (κ1) is 14.5. The van der Waals surface area contributed by atoms with Crippen LogP contribution < -0.4 is 5.32 Å². The third-order valence-electron chi connectivity index (χ3n) is 4.10. The van der Waals surface area contributed by atoms with E-state index in [1.54, 1.807) is 0 Å². The van der Waals surface area contributed by atoms with Crippen LogP contribution in [-0.4, -0.2) is 35.1 Å². The van der Waals surface area contributed by atoms with Crippen molar-refractivity contribution in [1.82, 2.24) is 15.2 Å². The lowest BCUT2D eigenvalue weighted by Crippen LogP contribution is -2.59. The van der Waals surface area contributed by atoms with Gasteiger partial charge in [-0.2, -0.15) is 0 Å². The minimum absolute atomic E-state index is 0.309. The molecule has 1 N–H and O–H groups in total. The van der Waals surface area contributed by atoms with Gasteiger partial charge in [0.05, 0.1) is 0 Å². The molecule has 0 aliphatic carbocycles. The van der Waals surface area contributed by atoms with E-state index in [-0.39, 0.29) is 0 Å². The van der Waals surface area contributed by atoms with Crippen LogP contribution in [-0.2, 0) is 6.54 Å². The van der Waals surface area contributed by atoms with Crippen LogP contribution >= 0.6 is 0 Å². The molecule has 1 aliphatic rings. The van der Waals surface area contributed by atoms with Gasteiger partial charge in [0.1, 0.15) is 0 Å². The van der Waals surface area contributed by atoms with Gasteiger partial charge < -0.3 is 5.32 Å². The molecule has 1 aromatic heterocycles. The Morgan fingerprint density at radius 1 is 1.37 bits per heavy atom. The molecule has 0 radical (unpaired) electrons. The molecule has 2 rings (SSSR count). The van der Waals surface area contributed by atoms with Gasteiger partial charge in [0.25, 0.3) is 0 Å². The minimum Gasteiger partial charge on any atom is -0.311 e. The van der Waals surface area contributed by atoms with E-state index in [1.165, 1.54) is 5.56 Å². The molecule has 0 aromatic carbocycles. The summed E-state index contributed by atoms with van der Waals surface area (Å²) in [5.41, 5.74) is 2.71. The molecule has 1 saturated heterocycles. The lowest BCUT2D eigenvalue weighted by atomic mass is 9.84. The Balaban J connectivity index is 2.03. The molecular formula is C16H27N3. The number of nitrogens with zero attached hydrogens (tertiary/aromatic N) is 2. The van der Waals surface area contributed by atoms with Gasteiger partial charge in [0.15, 0.2) is 0 Å². The predicted molar refractivity (Wildman–Crippen MR) is 80.1 cm³/mol. The van der Waals surface area contributed by atoms with Crippen LogP contribution in [0, 0.1) is 12.3 Å². The van der Waals surface area contributed by atoms with E-state index in [0.717, 1.165) is 25.3 Å². The van der Waals surface area contributed by atoms with Gasteiger partial charge in [0.2, 0.25) is 0 Å². The normalized spacial score (nSPS) is 25.5. The standard InChI is InChI=1S/C16H27N3/c1-12-6-7-14(9-17-12)10-19-11-15(16(3,4)5)18-8-13(19)2/h6-7,9,13,15,18H,8,10-11H2,1-5H3. The zero-order chi connectivity index (χ0) is 14.0. The largest absolute Gasteiger partial charge is 0.311 e. The maximum Gasteiger partial charge on any atom is 0.0372 e. The van der Waals surface area contributed by atoms with E-state index < -0.39 is 0 Å². The molecule has 1 aliphatic heterocycles. The lowest BCUT2D eigenvalue weighted by molar-refractivity contribution is 0.0876. The van der Waals surface area contributed by atoms with Crippen molar-refractivity contribution in [1.29, 1.82) is 0 Å². The van der Waals surface area contributed by atoms with Gasteiger partial charge in [-0.3, -0.25) is 9.88 Å². The third-order valence-corrected chi connectivity index (χ3v) is 4.10. The summed E-state index contributed by atoms with van der Waals surface area (Å²) in [6, 6.07) is 5.44. The fourth-order valence-electron chi connectivity index (χ4n) is 2.55. The highest BCUT2D eigenvalue weighted by Gasteiger charge is 2.32. The summed E-state index contributed by atoms with van der Waals surface area (Å²) >= 11 is 0. The van der Waals surface area contributed by atoms with Crippen molar-refractivity contribution in [3.05, 3.63) is 29.6 Å². The highest BCUT2D eigenvalue weighted by Crippen LogP contribution is 2.24. The van der Waals surface area contributed by atoms with Crippen LogP contribution in [0.4, 0.5) is 0 Å². The van der Waals surface area contributed by atoms with Crippen molar-refractivity contribution in [2.45, 2.75) is 53.2 Å². The van der Waals surface area contributed by atoms with Crippen LogP contribution in [0.3, 0.4) is 0 Å². The number of aryl methyl sites for hydroxylation is 1. The van der Waals surface area contributed by atoms with E-state index >= 15 is 0 Å². The summed E-state index contributed by atoms with van der Waals surface area (Å²) < 4.78 is 0. The van der Waals surface area contributed by atoms with E-state index in [1.807, 2.05) is 13.1 Å². The topological polar surface area (TPSA) is 28.2 Å². The Kier molecular flexibility index (Phi) is 4.26. The van der Waals surface area contributed by atoms with Crippen molar-refractivity contribution in [3.8, 4) is 0 Å². The number of rotatable bonds is 2. The third kappa shape index (κ3) is 3.77. The first-order valence-corrected chi connectivity index (χ1v) is 7.25. The second kappa shape index (κ2) is 5.59. The van der Waals surface area contributed by atoms with Crippen LogP contribution in [0.2, 0.25) is 0 Å². The summed E-state index contributed by atoms with van der Waals surface area (Å²) in [5.74, 6) is 0. The highest BCUT2D eigenvalue weighted by atomic mass is 15.2. The maximum absolute atomic E-state index is 4.40. The van der Waals surface area contributed by atoms with E-state index in [0.29, 0.717) is 17.5 Å². The van der Waals surface area contributed by atoms with Crippen molar-refractivity contribution in [2.24, 2.45) is 5.41 Å². The molecule has 1 fully saturated rings.